The normalized spacial score (nSPS) is 12.3. The van der Waals surface area contributed by atoms with E-state index in [0.29, 0.717) is 5.56 Å². The van der Waals surface area contributed by atoms with Gasteiger partial charge in [0.25, 0.3) is 0 Å². The third kappa shape index (κ3) is 1.94. The fourth-order valence-electron chi connectivity index (χ4n) is 1.30. The smallest absolute Gasteiger partial charge is 0.213 e. The van der Waals surface area contributed by atoms with E-state index in [1.54, 1.807) is 36.5 Å². The summed E-state index contributed by atoms with van der Waals surface area (Å²) < 4.78 is 1.22. The van der Waals surface area contributed by atoms with Crippen LogP contribution >= 0.6 is 0 Å². The summed E-state index contributed by atoms with van der Waals surface area (Å²) >= 11 is 0. The van der Waals surface area contributed by atoms with Crippen LogP contribution in [0, 0.1) is 0 Å². The lowest BCUT2D eigenvalue weighted by Gasteiger charge is -2.09. The van der Waals surface area contributed by atoms with Crippen LogP contribution in [-0.4, -0.2) is 20.7 Å². The summed E-state index contributed by atoms with van der Waals surface area (Å²) in [6, 6.07) is 10.3. The molecule has 1 aromatic heterocycles. The van der Waals surface area contributed by atoms with Crippen molar-refractivity contribution in [3.8, 4) is 0 Å². The van der Waals surface area contributed by atoms with Crippen molar-refractivity contribution in [2.75, 3.05) is 0 Å². The Balaban J connectivity index is 2.23. The van der Waals surface area contributed by atoms with Crippen LogP contribution in [0.15, 0.2) is 48.8 Å². The van der Waals surface area contributed by atoms with Crippen LogP contribution in [-0.2, 0) is 0 Å². The van der Waals surface area contributed by atoms with E-state index in [-0.39, 0.29) is 5.78 Å². The zero-order valence-electron chi connectivity index (χ0n) is 7.95. The zero-order valence-corrected chi connectivity index (χ0v) is 7.95. The molecule has 1 unspecified atom stereocenters. The minimum Gasteiger partial charge on any atom is -0.365 e. The van der Waals surface area contributed by atoms with Crippen molar-refractivity contribution < 1.29 is 9.90 Å². The van der Waals surface area contributed by atoms with Gasteiger partial charge in [0, 0.05) is 18.0 Å². The number of benzene rings is 1. The Morgan fingerprint density at radius 1 is 1.27 bits per heavy atom. The number of hydrogen-bond donors (Lipinski definition) is 1. The maximum absolute atomic E-state index is 11.7. The summed E-state index contributed by atoms with van der Waals surface area (Å²) in [4.78, 5) is 11.7. The first-order valence-electron chi connectivity index (χ1n) is 4.55. The number of hydrogen-bond acceptors (Lipinski definition) is 3. The summed E-state index contributed by atoms with van der Waals surface area (Å²) in [5.41, 5.74) is 0.473. The highest BCUT2D eigenvalue weighted by molar-refractivity contribution is 5.97. The van der Waals surface area contributed by atoms with E-state index in [9.17, 15) is 9.90 Å². The monoisotopic (exact) mass is 202 g/mol. The summed E-state index contributed by atoms with van der Waals surface area (Å²) in [7, 11) is 0. The second-order valence-electron chi connectivity index (χ2n) is 3.09. The van der Waals surface area contributed by atoms with Crippen molar-refractivity contribution in [3.63, 3.8) is 0 Å². The summed E-state index contributed by atoms with van der Waals surface area (Å²) in [6.07, 6.45) is 1.81. The molecule has 0 aliphatic rings. The second kappa shape index (κ2) is 4.06. The number of aromatic nitrogens is 2. The van der Waals surface area contributed by atoms with E-state index in [2.05, 4.69) is 5.10 Å². The topological polar surface area (TPSA) is 55.1 Å². The third-order valence-electron chi connectivity index (χ3n) is 2.07. The van der Waals surface area contributed by atoms with Crippen molar-refractivity contribution in [2.24, 2.45) is 0 Å². The molecule has 0 aliphatic carbocycles. The molecule has 0 radical (unpaired) electrons. The molecule has 2 rings (SSSR count). The fourth-order valence-corrected chi connectivity index (χ4v) is 1.30. The molecule has 0 aliphatic heterocycles. The Hall–Kier alpha value is -1.94. The van der Waals surface area contributed by atoms with Gasteiger partial charge in [-0.15, -0.1) is 0 Å². The molecule has 4 nitrogen and oxygen atoms in total. The lowest BCUT2D eigenvalue weighted by Crippen LogP contribution is -2.19. The van der Waals surface area contributed by atoms with Crippen molar-refractivity contribution >= 4 is 5.78 Å². The Morgan fingerprint density at radius 3 is 2.60 bits per heavy atom. The van der Waals surface area contributed by atoms with Gasteiger partial charge in [0.15, 0.2) is 0 Å². The SMILES string of the molecule is O=C(c1ccccc1)C(O)n1cccn1. The Kier molecular flexibility index (Phi) is 2.60. The number of nitrogens with zero attached hydrogens (tertiary/aromatic N) is 2. The molecule has 1 aromatic carbocycles. The van der Waals surface area contributed by atoms with E-state index < -0.39 is 6.23 Å². The molecule has 0 saturated carbocycles. The molecule has 0 saturated heterocycles. The number of Topliss-reactive ketones (excluding diaryl/α,β-unsaturated/α-hetero) is 1. The van der Waals surface area contributed by atoms with Gasteiger partial charge in [-0.3, -0.25) is 4.79 Å². The van der Waals surface area contributed by atoms with Gasteiger partial charge in [0.05, 0.1) is 0 Å². The minimum absolute atomic E-state index is 0.362. The average Bonchev–Trinajstić information content (AvgIpc) is 2.82. The zero-order chi connectivity index (χ0) is 10.7. The van der Waals surface area contributed by atoms with Gasteiger partial charge >= 0.3 is 0 Å². The fraction of sp³-hybridized carbons (Fsp3) is 0.0909. The van der Waals surface area contributed by atoms with Crippen molar-refractivity contribution in [1.29, 1.82) is 0 Å². The van der Waals surface area contributed by atoms with E-state index in [4.69, 9.17) is 0 Å². The quantitative estimate of drug-likeness (QED) is 0.762. The van der Waals surface area contributed by atoms with E-state index in [1.807, 2.05) is 6.07 Å². The van der Waals surface area contributed by atoms with Gasteiger partial charge in [0.2, 0.25) is 12.0 Å². The standard InChI is InChI=1S/C11H10N2O2/c14-10(9-5-2-1-3-6-9)11(15)13-8-4-7-12-13/h1-8,11,15H. The molecule has 0 fully saturated rings. The van der Waals surface area contributed by atoms with Crippen LogP contribution in [0.4, 0.5) is 0 Å². The van der Waals surface area contributed by atoms with Crippen molar-refractivity contribution in [2.45, 2.75) is 6.23 Å². The molecule has 4 heteroatoms. The van der Waals surface area contributed by atoms with Crippen molar-refractivity contribution in [1.82, 2.24) is 9.78 Å². The predicted molar refractivity (Wildman–Crippen MR) is 54.3 cm³/mol. The van der Waals surface area contributed by atoms with E-state index >= 15 is 0 Å². The number of aliphatic hydroxyl groups excluding tert-OH is 1. The van der Waals surface area contributed by atoms with Crippen molar-refractivity contribution in [3.05, 3.63) is 54.4 Å². The van der Waals surface area contributed by atoms with Gasteiger partial charge in [-0.2, -0.15) is 5.10 Å². The van der Waals surface area contributed by atoms with Gasteiger partial charge in [-0.05, 0) is 6.07 Å². The van der Waals surface area contributed by atoms with Gasteiger partial charge < -0.3 is 5.11 Å². The van der Waals surface area contributed by atoms with Crippen LogP contribution in [0.1, 0.15) is 16.6 Å². The van der Waals surface area contributed by atoms with E-state index in [1.165, 1.54) is 10.9 Å². The molecule has 15 heavy (non-hydrogen) atoms. The highest BCUT2D eigenvalue weighted by atomic mass is 16.3. The molecular weight excluding hydrogens is 192 g/mol. The van der Waals surface area contributed by atoms with Crippen LogP contribution in [0.25, 0.3) is 0 Å². The molecule has 2 aromatic rings. The Morgan fingerprint density at radius 2 is 2.00 bits per heavy atom. The molecule has 1 N–H and O–H groups in total. The summed E-state index contributed by atoms with van der Waals surface area (Å²) in [5.74, 6) is -0.362. The van der Waals surface area contributed by atoms with Crippen LogP contribution in [0.3, 0.4) is 0 Å². The lowest BCUT2D eigenvalue weighted by molar-refractivity contribution is 0.0534. The number of aliphatic hydroxyl groups is 1. The molecule has 1 heterocycles. The van der Waals surface area contributed by atoms with E-state index in [0.717, 1.165) is 0 Å². The Bertz CT molecular complexity index is 437. The molecule has 1 atom stereocenters. The highest BCUT2D eigenvalue weighted by Gasteiger charge is 2.18. The number of carbonyl (C=O) groups is 1. The van der Waals surface area contributed by atoms with Gasteiger partial charge in [-0.25, -0.2) is 4.68 Å². The number of ketones is 1. The predicted octanol–water partition coefficient (Wildman–Crippen LogP) is 1.26. The Labute approximate surface area is 86.8 Å². The number of rotatable bonds is 3. The largest absolute Gasteiger partial charge is 0.365 e. The molecule has 0 bridgehead atoms. The average molecular weight is 202 g/mol. The summed E-state index contributed by atoms with van der Waals surface area (Å²) in [6.45, 7) is 0. The maximum Gasteiger partial charge on any atom is 0.213 e. The molecule has 0 amide bonds. The first kappa shape index (κ1) is 9.61. The maximum atomic E-state index is 11.7. The minimum atomic E-state index is -1.25. The molecular formula is C11H10N2O2. The van der Waals surface area contributed by atoms with Crippen LogP contribution in [0.2, 0.25) is 0 Å². The highest BCUT2D eigenvalue weighted by Crippen LogP contribution is 2.10. The molecule has 76 valence electrons. The molecule has 0 spiro atoms. The third-order valence-corrected chi connectivity index (χ3v) is 2.07. The summed E-state index contributed by atoms with van der Waals surface area (Å²) in [5, 5.41) is 13.5. The van der Waals surface area contributed by atoms with Crippen LogP contribution < -0.4 is 0 Å². The van der Waals surface area contributed by atoms with Gasteiger partial charge in [0.1, 0.15) is 0 Å². The second-order valence-corrected chi connectivity index (χ2v) is 3.09. The number of carbonyl (C=O) groups excluding carboxylic acids is 1. The first-order chi connectivity index (χ1) is 7.29. The first-order valence-corrected chi connectivity index (χ1v) is 4.55. The lowest BCUT2D eigenvalue weighted by atomic mass is 10.1. The van der Waals surface area contributed by atoms with Crippen LogP contribution in [0.5, 0.6) is 0 Å². The van der Waals surface area contributed by atoms with Gasteiger partial charge in [-0.1, -0.05) is 30.3 Å².